The summed E-state index contributed by atoms with van der Waals surface area (Å²) in [5, 5.41) is 2.22. The molecule has 0 aromatic heterocycles. The smallest absolute Gasteiger partial charge is 0.340 e. The molecule has 27 heavy (non-hydrogen) atoms. The number of halogens is 3. The molecule has 0 unspecified atom stereocenters. The van der Waals surface area contributed by atoms with Crippen molar-refractivity contribution in [3.8, 4) is 11.5 Å². The summed E-state index contributed by atoms with van der Waals surface area (Å²) in [7, 11) is 0. The van der Waals surface area contributed by atoms with Crippen molar-refractivity contribution >= 4 is 23.5 Å². The highest BCUT2D eigenvalue weighted by Gasteiger charge is 2.22. The Hall–Kier alpha value is -2.87. The van der Waals surface area contributed by atoms with Crippen LogP contribution in [0, 0.1) is 11.6 Å². The molecule has 1 atom stereocenters. The molecule has 1 N–H and O–H groups in total. The monoisotopic (exact) mass is 397 g/mol. The maximum absolute atomic E-state index is 13.2. The number of carbonyl (C=O) groups excluding carboxylic acids is 2. The van der Waals surface area contributed by atoms with Gasteiger partial charge in [0.1, 0.15) is 12.7 Å². The van der Waals surface area contributed by atoms with Crippen LogP contribution in [-0.4, -0.2) is 37.7 Å². The number of nitrogens with one attached hydrogen (secondary N) is 1. The number of fused-ring (bicyclic) bond motifs is 1. The zero-order valence-electron chi connectivity index (χ0n) is 13.8. The number of hydrogen-bond acceptors (Lipinski definition) is 5. The normalized spacial score (nSPS) is 15.1. The van der Waals surface area contributed by atoms with Gasteiger partial charge in [0.2, 0.25) is 0 Å². The van der Waals surface area contributed by atoms with Crippen LogP contribution in [0.1, 0.15) is 10.4 Å². The summed E-state index contributed by atoms with van der Waals surface area (Å²) < 4.78 is 42.2. The molecule has 0 spiro atoms. The maximum Gasteiger partial charge on any atom is 0.340 e. The third kappa shape index (κ3) is 4.65. The Kier molecular flexibility index (Phi) is 5.75. The first-order valence-corrected chi connectivity index (χ1v) is 8.28. The van der Waals surface area contributed by atoms with Crippen molar-refractivity contribution in [3.05, 3.63) is 58.6 Å². The van der Waals surface area contributed by atoms with Crippen LogP contribution in [0.25, 0.3) is 0 Å². The lowest BCUT2D eigenvalue weighted by molar-refractivity contribution is -0.124. The molecule has 3 rings (SSSR count). The molecule has 142 valence electrons. The fourth-order valence-corrected chi connectivity index (χ4v) is 2.56. The Morgan fingerprint density at radius 1 is 1.19 bits per heavy atom. The van der Waals surface area contributed by atoms with Crippen molar-refractivity contribution in [2.45, 2.75) is 6.10 Å². The lowest BCUT2D eigenvalue weighted by atomic mass is 10.2. The van der Waals surface area contributed by atoms with Gasteiger partial charge in [0.05, 0.1) is 17.1 Å². The topological polar surface area (TPSA) is 73.9 Å². The lowest BCUT2D eigenvalue weighted by Gasteiger charge is -2.26. The van der Waals surface area contributed by atoms with Crippen LogP contribution in [-0.2, 0) is 9.53 Å². The van der Waals surface area contributed by atoms with Gasteiger partial charge in [-0.05, 0) is 24.3 Å². The molecule has 1 amide bonds. The van der Waals surface area contributed by atoms with Crippen LogP contribution in [0.2, 0.25) is 5.02 Å². The van der Waals surface area contributed by atoms with Crippen molar-refractivity contribution in [3.63, 3.8) is 0 Å². The molecule has 0 fully saturated rings. The summed E-state index contributed by atoms with van der Waals surface area (Å²) in [6.07, 6.45) is -0.403. The molecule has 1 heterocycles. The molecule has 2 aromatic carbocycles. The minimum Gasteiger partial charge on any atom is -0.486 e. The number of hydrogen-bond donors (Lipinski definition) is 1. The molecule has 1 aliphatic heterocycles. The quantitative estimate of drug-likeness (QED) is 0.620. The summed E-state index contributed by atoms with van der Waals surface area (Å²) in [6.45, 7) is -0.226. The molecule has 0 radical (unpaired) electrons. The number of ether oxygens (including phenoxy) is 3. The number of benzene rings is 2. The summed E-state index contributed by atoms with van der Waals surface area (Å²) >= 11 is 5.68. The van der Waals surface area contributed by atoms with Gasteiger partial charge < -0.3 is 19.5 Å². The number of esters is 1. The van der Waals surface area contributed by atoms with Gasteiger partial charge in [-0.1, -0.05) is 23.7 Å². The Bertz CT molecular complexity index is 877. The fourth-order valence-electron chi connectivity index (χ4n) is 2.33. The van der Waals surface area contributed by atoms with E-state index in [4.69, 9.17) is 25.8 Å². The van der Waals surface area contributed by atoms with Crippen LogP contribution in [0.3, 0.4) is 0 Å². The van der Waals surface area contributed by atoms with Crippen LogP contribution in [0.15, 0.2) is 36.4 Å². The van der Waals surface area contributed by atoms with E-state index < -0.39 is 36.2 Å². The van der Waals surface area contributed by atoms with E-state index in [1.807, 2.05) is 6.07 Å². The van der Waals surface area contributed by atoms with Gasteiger partial charge in [-0.3, -0.25) is 4.79 Å². The average molecular weight is 398 g/mol. The molecule has 0 aliphatic carbocycles. The van der Waals surface area contributed by atoms with E-state index in [1.54, 1.807) is 18.2 Å². The second-order valence-corrected chi connectivity index (χ2v) is 6.03. The van der Waals surface area contributed by atoms with E-state index in [1.165, 1.54) is 0 Å². The Morgan fingerprint density at radius 2 is 1.89 bits per heavy atom. The fraction of sp³-hybridized carbons (Fsp3) is 0.222. The zero-order chi connectivity index (χ0) is 19.4. The third-order valence-corrected chi connectivity index (χ3v) is 3.97. The van der Waals surface area contributed by atoms with Crippen molar-refractivity contribution in [2.75, 3.05) is 19.8 Å². The third-order valence-electron chi connectivity index (χ3n) is 3.66. The number of amides is 1. The standard InChI is InChI=1S/C18H14ClF2NO5/c19-12-6-14(21)13(20)5-11(12)18(24)26-9-17(23)22-7-10-8-25-15-3-1-2-4-16(15)27-10/h1-6,10H,7-9H2,(H,22,23)/t10-/m0/s1. The van der Waals surface area contributed by atoms with Gasteiger partial charge in [0.15, 0.2) is 29.7 Å². The SMILES string of the molecule is O=C(COC(=O)c1cc(F)c(F)cc1Cl)NC[C@H]1COc2ccccc2O1. The first-order chi connectivity index (χ1) is 12.9. The predicted molar refractivity (Wildman–Crippen MR) is 91.0 cm³/mol. The van der Waals surface area contributed by atoms with Crippen molar-refractivity contribution in [1.29, 1.82) is 0 Å². The minimum absolute atomic E-state index is 0.136. The average Bonchev–Trinajstić information content (AvgIpc) is 2.67. The zero-order valence-corrected chi connectivity index (χ0v) is 14.6. The van der Waals surface area contributed by atoms with Crippen LogP contribution < -0.4 is 14.8 Å². The minimum atomic E-state index is -1.24. The lowest BCUT2D eigenvalue weighted by Crippen LogP contribution is -2.42. The number of rotatable bonds is 5. The Morgan fingerprint density at radius 3 is 2.67 bits per heavy atom. The summed E-state index contributed by atoms with van der Waals surface area (Å²) in [4.78, 5) is 23.7. The van der Waals surface area contributed by atoms with E-state index in [9.17, 15) is 18.4 Å². The first kappa shape index (κ1) is 18.9. The molecule has 1 aliphatic rings. The van der Waals surface area contributed by atoms with Crippen LogP contribution in [0.5, 0.6) is 11.5 Å². The molecular formula is C18H14ClF2NO5. The van der Waals surface area contributed by atoms with Crippen molar-refractivity contribution in [1.82, 2.24) is 5.32 Å². The first-order valence-electron chi connectivity index (χ1n) is 7.91. The van der Waals surface area contributed by atoms with Gasteiger partial charge in [0, 0.05) is 0 Å². The molecular weight excluding hydrogens is 384 g/mol. The predicted octanol–water partition coefficient (Wildman–Crippen LogP) is 2.73. The van der Waals surface area contributed by atoms with Gasteiger partial charge >= 0.3 is 5.97 Å². The molecule has 0 bridgehead atoms. The molecule has 9 heteroatoms. The molecule has 0 saturated heterocycles. The van der Waals surface area contributed by atoms with E-state index in [0.717, 1.165) is 0 Å². The van der Waals surface area contributed by atoms with Crippen molar-refractivity contribution < 1.29 is 32.6 Å². The molecule has 2 aromatic rings. The number of para-hydroxylation sites is 2. The highest BCUT2D eigenvalue weighted by Crippen LogP contribution is 2.30. The van der Waals surface area contributed by atoms with E-state index in [0.29, 0.717) is 23.6 Å². The largest absolute Gasteiger partial charge is 0.486 e. The molecule has 6 nitrogen and oxygen atoms in total. The second kappa shape index (κ2) is 8.22. The van der Waals surface area contributed by atoms with E-state index in [-0.39, 0.29) is 23.7 Å². The summed E-state index contributed by atoms with van der Waals surface area (Å²) in [5.41, 5.74) is -0.371. The van der Waals surface area contributed by atoms with Gasteiger partial charge in [-0.2, -0.15) is 0 Å². The van der Waals surface area contributed by atoms with Gasteiger partial charge in [-0.15, -0.1) is 0 Å². The highest BCUT2D eigenvalue weighted by atomic mass is 35.5. The van der Waals surface area contributed by atoms with E-state index in [2.05, 4.69) is 5.32 Å². The van der Waals surface area contributed by atoms with E-state index >= 15 is 0 Å². The summed E-state index contributed by atoms with van der Waals surface area (Å²) in [6, 6.07) is 8.40. The Balaban J connectivity index is 1.46. The Labute approximate surface area is 158 Å². The molecule has 0 saturated carbocycles. The maximum atomic E-state index is 13.2. The highest BCUT2D eigenvalue weighted by molar-refractivity contribution is 6.33. The second-order valence-electron chi connectivity index (χ2n) is 5.62. The van der Waals surface area contributed by atoms with Gasteiger partial charge in [0.25, 0.3) is 5.91 Å². The van der Waals surface area contributed by atoms with Gasteiger partial charge in [-0.25, -0.2) is 13.6 Å². The van der Waals surface area contributed by atoms with Crippen molar-refractivity contribution in [2.24, 2.45) is 0 Å². The summed E-state index contributed by atoms with van der Waals surface area (Å²) in [5.74, 6) is -2.87. The van der Waals surface area contributed by atoms with Crippen LogP contribution >= 0.6 is 11.6 Å². The van der Waals surface area contributed by atoms with Crippen LogP contribution in [0.4, 0.5) is 8.78 Å². The number of carbonyl (C=O) groups is 2.